The number of hydrazone groups is 1. The van der Waals surface area contributed by atoms with Crippen molar-refractivity contribution in [1.29, 1.82) is 0 Å². The summed E-state index contributed by atoms with van der Waals surface area (Å²) in [6.07, 6.45) is 1.72. The number of hydrogen-bond donors (Lipinski definition) is 2. The maximum atomic E-state index is 6.16. The summed E-state index contributed by atoms with van der Waals surface area (Å²) < 4.78 is 5.77. The van der Waals surface area contributed by atoms with Crippen LogP contribution in [0.25, 0.3) is 11.0 Å². The van der Waals surface area contributed by atoms with Crippen molar-refractivity contribution in [2.45, 2.75) is 6.61 Å². The third-order valence-electron chi connectivity index (χ3n) is 4.06. The van der Waals surface area contributed by atoms with E-state index < -0.39 is 0 Å². The second-order valence-electron chi connectivity index (χ2n) is 6.07. The van der Waals surface area contributed by atoms with E-state index in [0.717, 1.165) is 27.9 Å². The molecular weight excluding hydrogens is 395 g/mol. The Kier molecular flexibility index (Phi) is 5.46. The van der Waals surface area contributed by atoms with E-state index in [1.54, 1.807) is 18.3 Å². The summed E-state index contributed by atoms with van der Waals surface area (Å²) in [6, 6.07) is 20.8. The molecule has 0 radical (unpaired) electrons. The van der Waals surface area contributed by atoms with E-state index in [2.05, 4.69) is 20.5 Å². The second-order valence-corrected chi connectivity index (χ2v) is 6.91. The highest BCUT2D eigenvalue weighted by molar-refractivity contribution is 6.35. The van der Waals surface area contributed by atoms with Crippen molar-refractivity contribution in [3.8, 4) is 5.75 Å². The van der Waals surface area contributed by atoms with Crippen LogP contribution in [0, 0.1) is 0 Å². The van der Waals surface area contributed by atoms with E-state index in [9.17, 15) is 0 Å². The molecule has 0 bridgehead atoms. The lowest BCUT2D eigenvalue weighted by molar-refractivity contribution is 0.306. The van der Waals surface area contributed by atoms with Crippen LogP contribution in [0.1, 0.15) is 11.1 Å². The van der Waals surface area contributed by atoms with Gasteiger partial charge in [0.1, 0.15) is 12.4 Å². The Morgan fingerprint density at radius 3 is 2.64 bits per heavy atom. The van der Waals surface area contributed by atoms with E-state index in [1.165, 1.54) is 0 Å². The highest BCUT2D eigenvalue weighted by Gasteiger charge is 2.03. The molecule has 1 aromatic heterocycles. The zero-order valence-electron chi connectivity index (χ0n) is 14.7. The van der Waals surface area contributed by atoms with Crippen molar-refractivity contribution < 1.29 is 4.74 Å². The number of nitrogens with one attached hydrogen (secondary N) is 2. The van der Waals surface area contributed by atoms with Crippen LogP contribution >= 0.6 is 23.2 Å². The third kappa shape index (κ3) is 4.44. The van der Waals surface area contributed by atoms with Crippen molar-refractivity contribution in [2.75, 3.05) is 5.43 Å². The molecule has 4 aromatic rings. The number of aromatic amines is 1. The lowest BCUT2D eigenvalue weighted by Gasteiger charge is -2.08. The zero-order valence-corrected chi connectivity index (χ0v) is 16.2. The summed E-state index contributed by atoms with van der Waals surface area (Å²) in [5, 5.41) is 5.41. The number of para-hydroxylation sites is 2. The summed E-state index contributed by atoms with van der Waals surface area (Å²) in [5.74, 6) is 1.34. The Balaban J connectivity index is 1.34. The van der Waals surface area contributed by atoms with Crippen molar-refractivity contribution in [2.24, 2.45) is 5.10 Å². The maximum Gasteiger partial charge on any atom is 0.222 e. The number of aromatic nitrogens is 2. The molecule has 0 saturated heterocycles. The van der Waals surface area contributed by atoms with Gasteiger partial charge in [0.15, 0.2) is 0 Å². The van der Waals surface area contributed by atoms with Crippen LogP contribution in [0.2, 0.25) is 10.0 Å². The number of halogens is 2. The van der Waals surface area contributed by atoms with Gasteiger partial charge < -0.3 is 9.72 Å². The molecule has 0 fully saturated rings. The van der Waals surface area contributed by atoms with Crippen LogP contribution in [0.5, 0.6) is 5.75 Å². The molecule has 0 atom stereocenters. The van der Waals surface area contributed by atoms with Gasteiger partial charge in [-0.05, 0) is 54.1 Å². The number of rotatable bonds is 6. The Hall–Kier alpha value is -3.02. The molecule has 0 aliphatic carbocycles. The normalized spacial score (nSPS) is 11.2. The Morgan fingerprint density at radius 2 is 1.86 bits per heavy atom. The third-order valence-corrected chi connectivity index (χ3v) is 4.65. The molecule has 4 rings (SSSR count). The Morgan fingerprint density at radius 1 is 1.04 bits per heavy atom. The molecule has 7 heteroatoms. The smallest absolute Gasteiger partial charge is 0.222 e. The number of ether oxygens (including phenoxy) is 1. The number of fused-ring (bicyclic) bond motifs is 1. The molecule has 1 heterocycles. The zero-order chi connectivity index (χ0) is 19.3. The number of hydrogen-bond acceptors (Lipinski definition) is 4. The minimum absolute atomic E-state index is 0.372. The first-order valence-corrected chi connectivity index (χ1v) is 9.33. The van der Waals surface area contributed by atoms with E-state index >= 15 is 0 Å². The average Bonchev–Trinajstić information content (AvgIpc) is 3.11. The second kappa shape index (κ2) is 8.33. The molecule has 0 unspecified atom stereocenters. The van der Waals surface area contributed by atoms with Crippen LogP contribution in [-0.2, 0) is 6.61 Å². The fraction of sp³-hybridized carbons (Fsp3) is 0.0476. The first-order chi connectivity index (χ1) is 13.7. The predicted octanol–water partition coefficient (Wildman–Crippen LogP) is 5.89. The predicted molar refractivity (Wildman–Crippen MR) is 115 cm³/mol. The fourth-order valence-electron chi connectivity index (χ4n) is 2.62. The minimum atomic E-state index is 0.372. The molecule has 0 amide bonds. The first kappa shape index (κ1) is 18.3. The van der Waals surface area contributed by atoms with Crippen molar-refractivity contribution in [3.05, 3.63) is 87.9 Å². The topological polar surface area (TPSA) is 62.3 Å². The van der Waals surface area contributed by atoms with Gasteiger partial charge in [-0.3, -0.25) is 0 Å². The van der Waals surface area contributed by atoms with Crippen LogP contribution in [0.3, 0.4) is 0 Å². The molecule has 0 aliphatic rings. The van der Waals surface area contributed by atoms with Gasteiger partial charge in [0.05, 0.1) is 17.2 Å². The highest BCUT2D eigenvalue weighted by atomic mass is 35.5. The van der Waals surface area contributed by atoms with Gasteiger partial charge in [-0.15, -0.1) is 0 Å². The molecule has 5 nitrogen and oxygen atoms in total. The molecule has 2 N–H and O–H groups in total. The number of benzene rings is 3. The Labute approximate surface area is 172 Å². The number of H-pyrrole nitrogens is 1. The number of nitrogens with zero attached hydrogens (tertiary/aromatic N) is 2. The molecule has 28 heavy (non-hydrogen) atoms. The van der Waals surface area contributed by atoms with Gasteiger partial charge in [0.2, 0.25) is 5.95 Å². The van der Waals surface area contributed by atoms with Gasteiger partial charge in [0, 0.05) is 15.6 Å². The van der Waals surface area contributed by atoms with E-state index in [4.69, 9.17) is 27.9 Å². The van der Waals surface area contributed by atoms with E-state index in [0.29, 0.717) is 22.6 Å². The van der Waals surface area contributed by atoms with Crippen LogP contribution in [0.15, 0.2) is 71.8 Å². The van der Waals surface area contributed by atoms with Gasteiger partial charge in [-0.25, -0.2) is 10.4 Å². The molecule has 0 saturated carbocycles. The first-order valence-electron chi connectivity index (χ1n) is 8.58. The summed E-state index contributed by atoms with van der Waals surface area (Å²) in [7, 11) is 0. The van der Waals surface area contributed by atoms with Crippen molar-refractivity contribution in [3.63, 3.8) is 0 Å². The minimum Gasteiger partial charge on any atom is -0.489 e. The fourth-order valence-corrected chi connectivity index (χ4v) is 3.09. The standard InChI is InChI=1S/C21H16Cl2N4O/c22-16-8-7-15(18(23)11-16)13-28-17-9-5-14(6-10-17)12-24-27-21-25-19-3-1-2-4-20(19)26-21/h1-12H,13H2,(H2,25,26,27)/b24-12-. The SMILES string of the molecule is Clc1ccc(COc2ccc(/C=N\Nc3nc4ccccc4[nH]3)cc2)c(Cl)c1. The summed E-state index contributed by atoms with van der Waals surface area (Å²) in [4.78, 5) is 7.56. The van der Waals surface area contributed by atoms with Gasteiger partial charge >= 0.3 is 0 Å². The molecule has 0 spiro atoms. The lowest BCUT2D eigenvalue weighted by Crippen LogP contribution is -1.97. The highest BCUT2D eigenvalue weighted by Crippen LogP contribution is 2.23. The van der Waals surface area contributed by atoms with E-state index in [1.807, 2.05) is 54.6 Å². The van der Waals surface area contributed by atoms with Gasteiger partial charge in [-0.1, -0.05) is 41.4 Å². The van der Waals surface area contributed by atoms with Crippen LogP contribution in [-0.4, -0.2) is 16.2 Å². The van der Waals surface area contributed by atoms with Crippen LogP contribution < -0.4 is 10.2 Å². The Bertz CT molecular complexity index is 1090. The lowest BCUT2D eigenvalue weighted by atomic mass is 10.2. The van der Waals surface area contributed by atoms with Crippen LogP contribution in [0.4, 0.5) is 5.95 Å². The van der Waals surface area contributed by atoms with Gasteiger partial charge in [-0.2, -0.15) is 5.10 Å². The summed E-state index contributed by atoms with van der Waals surface area (Å²) in [6.45, 7) is 0.372. The maximum absolute atomic E-state index is 6.16. The quantitative estimate of drug-likeness (QED) is 0.307. The summed E-state index contributed by atoms with van der Waals surface area (Å²) in [5.41, 5.74) is 6.56. The molecule has 0 aliphatic heterocycles. The molecule has 3 aromatic carbocycles. The number of imidazole rings is 1. The largest absolute Gasteiger partial charge is 0.489 e. The van der Waals surface area contributed by atoms with Gasteiger partial charge in [0.25, 0.3) is 0 Å². The number of anilines is 1. The average molecular weight is 411 g/mol. The van der Waals surface area contributed by atoms with Crippen molar-refractivity contribution in [1.82, 2.24) is 9.97 Å². The summed E-state index contributed by atoms with van der Waals surface area (Å²) >= 11 is 12.1. The monoisotopic (exact) mass is 410 g/mol. The van der Waals surface area contributed by atoms with Crippen molar-refractivity contribution >= 4 is 46.4 Å². The molecular formula is C21H16Cl2N4O. The van der Waals surface area contributed by atoms with E-state index in [-0.39, 0.29) is 0 Å². The molecule has 140 valence electrons.